The van der Waals surface area contributed by atoms with E-state index in [0.29, 0.717) is 18.0 Å². The van der Waals surface area contributed by atoms with Crippen LogP contribution in [0.25, 0.3) is 0 Å². The minimum atomic E-state index is -0.0390. The fourth-order valence-corrected chi connectivity index (χ4v) is 1.87. The Balaban J connectivity index is 2.39. The van der Waals surface area contributed by atoms with Gasteiger partial charge >= 0.3 is 0 Å². The maximum Gasteiger partial charge on any atom is 0.220 e. The number of nitrogens with one attached hydrogen (secondary N) is 1. The van der Waals surface area contributed by atoms with Crippen LogP contribution in [0.5, 0.6) is 0 Å². The number of ketones is 1. The molecule has 0 spiro atoms. The van der Waals surface area contributed by atoms with Gasteiger partial charge in [-0.2, -0.15) is 0 Å². The first kappa shape index (κ1) is 16.4. The third-order valence-corrected chi connectivity index (χ3v) is 3.45. The summed E-state index contributed by atoms with van der Waals surface area (Å²) in [4.78, 5) is 23.6. The molecule has 1 aromatic carbocycles. The van der Waals surface area contributed by atoms with E-state index in [0.717, 1.165) is 12.0 Å². The number of rotatable bonds is 7. The molecule has 110 valence electrons. The largest absolute Gasteiger partial charge is 0.356 e. The van der Waals surface area contributed by atoms with Gasteiger partial charge in [0.1, 0.15) is 0 Å². The molecule has 0 unspecified atom stereocenters. The van der Waals surface area contributed by atoms with Gasteiger partial charge in [-0.1, -0.05) is 26.0 Å². The van der Waals surface area contributed by atoms with Crippen molar-refractivity contribution in [1.29, 1.82) is 0 Å². The van der Waals surface area contributed by atoms with Crippen molar-refractivity contribution in [2.24, 2.45) is 5.92 Å². The Morgan fingerprint density at radius 1 is 1.10 bits per heavy atom. The fraction of sp³-hybridized carbons (Fsp3) is 0.529. The second-order valence-electron chi connectivity index (χ2n) is 5.75. The molecule has 3 nitrogen and oxygen atoms in total. The zero-order valence-electron chi connectivity index (χ0n) is 13.0. The molecule has 0 bridgehead atoms. The van der Waals surface area contributed by atoms with Crippen molar-refractivity contribution in [2.45, 2.75) is 47.0 Å². The number of benzene rings is 1. The minimum absolute atomic E-state index is 0.0344. The van der Waals surface area contributed by atoms with Crippen LogP contribution in [0.1, 0.15) is 54.6 Å². The van der Waals surface area contributed by atoms with Crippen LogP contribution >= 0.6 is 0 Å². The Kier molecular flexibility index (Phi) is 6.43. The second-order valence-corrected chi connectivity index (χ2v) is 5.75. The van der Waals surface area contributed by atoms with Gasteiger partial charge in [0, 0.05) is 24.9 Å². The van der Waals surface area contributed by atoms with Gasteiger partial charge in [0.2, 0.25) is 5.91 Å². The van der Waals surface area contributed by atoms with E-state index in [9.17, 15) is 9.59 Å². The van der Waals surface area contributed by atoms with Gasteiger partial charge in [-0.3, -0.25) is 9.59 Å². The average molecular weight is 275 g/mol. The highest BCUT2D eigenvalue weighted by atomic mass is 16.2. The Hall–Kier alpha value is -1.64. The summed E-state index contributed by atoms with van der Waals surface area (Å²) < 4.78 is 0. The minimum Gasteiger partial charge on any atom is -0.356 e. The van der Waals surface area contributed by atoms with E-state index in [2.05, 4.69) is 19.2 Å². The number of Topliss-reactive ketones (excluding diaryl/α,β-unsaturated/α-hetero) is 1. The van der Waals surface area contributed by atoms with E-state index < -0.39 is 0 Å². The van der Waals surface area contributed by atoms with Crippen molar-refractivity contribution in [3.05, 3.63) is 34.9 Å². The van der Waals surface area contributed by atoms with Gasteiger partial charge < -0.3 is 5.32 Å². The summed E-state index contributed by atoms with van der Waals surface area (Å²) in [5, 5.41) is 2.85. The third kappa shape index (κ3) is 5.55. The van der Waals surface area contributed by atoms with Gasteiger partial charge in [-0.25, -0.2) is 0 Å². The molecule has 0 saturated heterocycles. The van der Waals surface area contributed by atoms with Crippen LogP contribution in [0.4, 0.5) is 0 Å². The average Bonchev–Trinajstić information content (AvgIpc) is 2.38. The number of hydrogen-bond acceptors (Lipinski definition) is 2. The van der Waals surface area contributed by atoms with Crippen LogP contribution in [0.15, 0.2) is 18.2 Å². The predicted octanol–water partition coefficient (Wildman–Crippen LogP) is 3.43. The van der Waals surface area contributed by atoms with Gasteiger partial charge in [0.05, 0.1) is 0 Å². The highest BCUT2D eigenvalue weighted by Crippen LogP contribution is 2.12. The van der Waals surface area contributed by atoms with Crippen molar-refractivity contribution in [1.82, 2.24) is 5.32 Å². The zero-order chi connectivity index (χ0) is 15.1. The number of carbonyl (C=O) groups excluding carboxylic acids is 2. The highest BCUT2D eigenvalue weighted by Gasteiger charge is 2.10. The van der Waals surface area contributed by atoms with E-state index in [1.165, 1.54) is 5.56 Å². The van der Waals surface area contributed by atoms with E-state index in [1.54, 1.807) is 0 Å². The normalized spacial score (nSPS) is 10.7. The number of hydrogen-bond donors (Lipinski definition) is 1. The quantitative estimate of drug-likeness (QED) is 0.775. The molecule has 0 atom stereocenters. The summed E-state index contributed by atoms with van der Waals surface area (Å²) >= 11 is 0. The van der Waals surface area contributed by atoms with Crippen LogP contribution < -0.4 is 5.32 Å². The molecule has 0 fully saturated rings. The predicted molar refractivity (Wildman–Crippen MR) is 81.9 cm³/mol. The molecule has 1 rings (SSSR count). The second kappa shape index (κ2) is 7.83. The summed E-state index contributed by atoms with van der Waals surface area (Å²) in [6.07, 6.45) is 1.51. The van der Waals surface area contributed by atoms with Crippen molar-refractivity contribution in [2.75, 3.05) is 6.54 Å². The van der Waals surface area contributed by atoms with Crippen molar-refractivity contribution < 1.29 is 9.59 Å². The van der Waals surface area contributed by atoms with Crippen LogP contribution in [-0.4, -0.2) is 18.2 Å². The lowest BCUT2D eigenvalue weighted by Gasteiger charge is -2.07. The summed E-state index contributed by atoms with van der Waals surface area (Å²) in [6.45, 7) is 8.94. The molecule has 0 saturated carbocycles. The summed E-state index contributed by atoms with van der Waals surface area (Å²) in [6, 6.07) is 5.68. The van der Waals surface area contributed by atoms with Crippen molar-refractivity contribution in [3.8, 4) is 0 Å². The maximum absolute atomic E-state index is 12.0. The van der Waals surface area contributed by atoms with E-state index >= 15 is 0 Å². The lowest BCUT2D eigenvalue weighted by Crippen LogP contribution is -2.25. The zero-order valence-corrected chi connectivity index (χ0v) is 13.0. The first-order valence-electron chi connectivity index (χ1n) is 7.27. The first-order valence-corrected chi connectivity index (χ1v) is 7.27. The molecule has 1 aromatic rings. The molecule has 3 heteroatoms. The van der Waals surface area contributed by atoms with E-state index in [-0.39, 0.29) is 24.5 Å². The molecule has 1 N–H and O–H groups in total. The third-order valence-electron chi connectivity index (χ3n) is 3.45. The van der Waals surface area contributed by atoms with E-state index in [1.807, 2.05) is 32.0 Å². The monoisotopic (exact) mass is 275 g/mol. The molecule has 0 aliphatic rings. The molecular weight excluding hydrogens is 250 g/mol. The molecular formula is C17H25NO2. The topological polar surface area (TPSA) is 46.2 Å². The smallest absolute Gasteiger partial charge is 0.220 e. The molecule has 0 aromatic heterocycles. The molecule has 0 heterocycles. The van der Waals surface area contributed by atoms with Gasteiger partial charge in [0.15, 0.2) is 5.78 Å². The SMILES string of the molecule is Cc1ccc(C(=O)CCC(=O)NCCC(C)C)cc1C. The fourth-order valence-electron chi connectivity index (χ4n) is 1.87. The van der Waals surface area contributed by atoms with Gasteiger partial charge in [-0.05, 0) is 43.4 Å². The Morgan fingerprint density at radius 3 is 2.40 bits per heavy atom. The van der Waals surface area contributed by atoms with Crippen molar-refractivity contribution >= 4 is 11.7 Å². The number of carbonyl (C=O) groups is 2. The van der Waals surface area contributed by atoms with Crippen molar-refractivity contribution in [3.63, 3.8) is 0 Å². The lowest BCUT2D eigenvalue weighted by atomic mass is 10.0. The van der Waals surface area contributed by atoms with Gasteiger partial charge in [0.25, 0.3) is 0 Å². The van der Waals surface area contributed by atoms with Crippen LogP contribution in [0.2, 0.25) is 0 Å². The van der Waals surface area contributed by atoms with Crippen LogP contribution in [0.3, 0.4) is 0 Å². The molecule has 0 aliphatic heterocycles. The van der Waals surface area contributed by atoms with E-state index in [4.69, 9.17) is 0 Å². The van der Waals surface area contributed by atoms with Crippen LogP contribution in [-0.2, 0) is 4.79 Å². The number of amides is 1. The maximum atomic E-state index is 12.0. The summed E-state index contributed by atoms with van der Waals surface area (Å²) in [5.41, 5.74) is 2.98. The van der Waals surface area contributed by atoms with Crippen LogP contribution in [0, 0.1) is 19.8 Å². The summed E-state index contributed by atoms with van der Waals surface area (Å²) in [7, 11) is 0. The molecule has 1 amide bonds. The summed E-state index contributed by atoms with van der Waals surface area (Å²) in [5.74, 6) is 0.572. The lowest BCUT2D eigenvalue weighted by molar-refractivity contribution is -0.121. The Labute approximate surface area is 121 Å². The van der Waals surface area contributed by atoms with Gasteiger partial charge in [-0.15, -0.1) is 0 Å². The first-order chi connectivity index (χ1) is 9.40. The highest BCUT2D eigenvalue weighted by molar-refractivity contribution is 5.98. The molecule has 0 radical (unpaired) electrons. The molecule has 20 heavy (non-hydrogen) atoms. The number of aryl methyl sites for hydroxylation is 2. The molecule has 0 aliphatic carbocycles. The standard InChI is InChI=1S/C17H25NO2/c1-12(2)9-10-18-17(20)8-7-16(19)15-6-5-13(3)14(4)11-15/h5-6,11-12H,7-10H2,1-4H3,(H,18,20). The Bertz CT molecular complexity index is 478. The Morgan fingerprint density at radius 2 is 1.80 bits per heavy atom.